The second-order valence-corrected chi connectivity index (χ2v) is 5.01. The van der Waals surface area contributed by atoms with Gasteiger partial charge < -0.3 is 0 Å². The van der Waals surface area contributed by atoms with Crippen molar-refractivity contribution < 1.29 is 0 Å². The summed E-state index contributed by atoms with van der Waals surface area (Å²) < 4.78 is 0. The molecule has 0 saturated carbocycles. The predicted octanol–water partition coefficient (Wildman–Crippen LogP) is 4.53. The number of hydrogen-bond donors (Lipinski definition) is 0. The lowest BCUT2D eigenvalue weighted by Crippen LogP contribution is -1.88. The lowest BCUT2D eigenvalue weighted by atomic mass is 10.1. The molecule has 0 aliphatic carbocycles. The summed E-state index contributed by atoms with van der Waals surface area (Å²) in [6.45, 7) is 3.29. The van der Waals surface area contributed by atoms with E-state index in [1.807, 2.05) is 55.6 Å². The molecule has 0 heterocycles. The van der Waals surface area contributed by atoms with Gasteiger partial charge in [-0.2, -0.15) is 0 Å². The van der Waals surface area contributed by atoms with E-state index in [1.54, 1.807) is 0 Å². The van der Waals surface area contributed by atoms with Crippen molar-refractivity contribution in [2.24, 2.45) is 9.98 Å². The SMILES string of the molecule is CC(=C=NCCN=Cc1ccc(Cl)cc1)c1ccccc1. The van der Waals surface area contributed by atoms with Gasteiger partial charge in [-0.3, -0.25) is 4.99 Å². The fourth-order valence-electron chi connectivity index (χ4n) is 1.75. The highest BCUT2D eigenvalue weighted by molar-refractivity contribution is 6.30. The third-order valence-electron chi connectivity index (χ3n) is 2.90. The fourth-order valence-corrected chi connectivity index (χ4v) is 1.88. The van der Waals surface area contributed by atoms with Crippen molar-refractivity contribution in [2.75, 3.05) is 13.1 Å². The summed E-state index contributed by atoms with van der Waals surface area (Å²) in [5.74, 6) is 3.06. The van der Waals surface area contributed by atoms with Gasteiger partial charge >= 0.3 is 0 Å². The molecule has 0 amide bonds. The van der Waals surface area contributed by atoms with Crippen LogP contribution in [-0.4, -0.2) is 25.2 Å². The van der Waals surface area contributed by atoms with Gasteiger partial charge in [0.15, 0.2) is 0 Å². The minimum absolute atomic E-state index is 0.633. The molecule has 0 aliphatic heterocycles. The molecule has 2 aromatic rings. The van der Waals surface area contributed by atoms with Crippen molar-refractivity contribution in [3.05, 3.63) is 70.7 Å². The van der Waals surface area contributed by atoms with Crippen LogP contribution < -0.4 is 0 Å². The molecule has 0 fully saturated rings. The largest absolute Gasteiger partial charge is 0.291 e. The van der Waals surface area contributed by atoms with E-state index >= 15 is 0 Å². The van der Waals surface area contributed by atoms with Gasteiger partial charge in [0.2, 0.25) is 0 Å². The average Bonchev–Trinajstić information content (AvgIpc) is 2.53. The number of halogens is 1. The number of benzene rings is 2. The molecule has 0 bridgehead atoms. The van der Waals surface area contributed by atoms with E-state index in [4.69, 9.17) is 11.6 Å². The Labute approximate surface area is 130 Å². The molecule has 2 aromatic carbocycles. The molecule has 2 rings (SSSR count). The molecule has 0 aliphatic rings. The van der Waals surface area contributed by atoms with Crippen LogP contribution >= 0.6 is 11.6 Å². The molecule has 3 heteroatoms. The van der Waals surface area contributed by atoms with Crippen LogP contribution in [0.4, 0.5) is 0 Å². The lowest BCUT2D eigenvalue weighted by molar-refractivity contribution is 0.987. The molecule has 106 valence electrons. The van der Waals surface area contributed by atoms with Crippen molar-refractivity contribution in [2.45, 2.75) is 6.92 Å². The van der Waals surface area contributed by atoms with Crippen LogP contribution in [0.25, 0.3) is 5.57 Å². The Morgan fingerprint density at radius 1 is 1.05 bits per heavy atom. The van der Waals surface area contributed by atoms with Gasteiger partial charge in [-0.1, -0.05) is 54.1 Å². The maximum absolute atomic E-state index is 5.82. The first-order valence-electron chi connectivity index (χ1n) is 6.82. The predicted molar refractivity (Wildman–Crippen MR) is 91.7 cm³/mol. The molecular formula is C18H17ClN2. The van der Waals surface area contributed by atoms with Crippen LogP contribution in [0.5, 0.6) is 0 Å². The lowest BCUT2D eigenvalue weighted by Gasteiger charge is -1.95. The van der Waals surface area contributed by atoms with Crippen molar-refractivity contribution in [3.63, 3.8) is 0 Å². The van der Waals surface area contributed by atoms with E-state index in [-0.39, 0.29) is 0 Å². The summed E-state index contributed by atoms with van der Waals surface area (Å²) in [5.41, 5.74) is 3.22. The molecule has 0 N–H and O–H groups in total. The normalized spacial score (nSPS) is 10.4. The number of allylic oxidation sites excluding steroid dienone is 1. The van der Waals surface area contributed by atoms with Crippen molar-refractivity contribution in [1.29, 1.82) is 0 Å². The van der Waals surface area contributed by atoms with E-state index in [0.29, 0.717) is 13.1 Å². The standard InChI is InChI=1S/C18H17ClN2/c1-15(17-5-3-2-4-6-17)13-20-11-12-21-14-16-7-9-18(19)10-8-16/h2-10,14H,11-12H2,1H3. The van der Waals surface area contributed by atoms with Gasteiger partial charge in [-0.15, -0.1) is 0 Å². The van der Waals surface area contributed by atoms with Crippen LogP contribution in [0.3, 0.4) is 0 Å². The number of rotatable bonds is 5. The van der Waals surface area contributed by atoms with Crippen LogP contribution in [0, 0.1) is 0 Å². The minimum Gasteiger partial charge on any atom is -0.291 e. The van der Waals surface area contributed by atoms with Crippen LogP contribution in [-0.2, 0) is 0 Å². The molecule has 21 heavy (non-hydrogen) atoms. The van der Waals surface area contributed by atoms with Crippen LogP contribution in [0.2, 0.25) is 5.02 Å². The molecule has 0 atom stereocenters. The average molecular weight is 297 g/mol. The highest BCUT2D eigenvalue weighted by Crippen LogP contribution is 2.09. The number of aliphatic imine (C=N–C) groups is 2. The second kappa shape index (κ2) is 8.21. The van der Waals surface area contributed by atoms with E-state index in [0.717, 1.165) is 21.7 Å². The van der Waals surface area contributed by atoms with Crippen LogP contribution in [0.1, 0.15) is 18.1 Å². The summed E-state index contributed by atoms with van der Waals surface area (Å²) in [7, 11) is 0. The number of hydrogen-bond acceptors (Lipinski definition) is 2. The Morgan fingerprint density at radius 3 is 2.48 bits per heavy atom. The first-order chi connectivity index (χ1) is 10.3. The Kier molecular flexibility index (Phi) is 5.96. The smallest absolute Gasteiger partial charge is 0.0679 e. The van der Waals surface area contributed by atoms with Gasteiger partial charge in [-0.25, -0.2) is 4.99 Å². The molecule has 0 radical (unpaired) electrons. The quantitative estimate of drug-likeness (QED) is 0.572. The Balaban J connectivity index is 1.84. The topological polar surface area (TPSA) is 24.7 Å². The molecule has 0 unspecified atom stereocenters. The van der Waals surface area contributed by atoms with Gasteiger partial charge in [0.25, 0.3) is 0 Å². The maximum atomic E-state index is 5.82. The van der Waals surface area contributed by atoms with Gasteiger partial charge in [0, 0.05) is 16.8 Å². The highest BCUT2D eigenvalue weighted by atomic mass is 35.5. The Bertz CT molecular complexity index is 651. The zero-order valence-electron chi connectivity index (χ0n) is 12.0. The Morgan fingerprint density at radius 2 is 1.76 bits per heavy atom. The second-order valence-electron chi connectivity index (χ2n) is 4.57. The maximum Gasteiger partial charge on any atom is 0.0679 e. The summed E-state index contributed by atoms with van der Waals surface area (Å²) in [6, 6.07) is 17.7. The fraction of sp³-hybridized carbons (Fsp3) is 0.167. The monoisotopic (exact) mass is 296 g/mol. The molecule has 0 spiro atoms. The van der Waals surface area contributed by atoms with E-state index < -0.39 is 0 Å². The first kappa shape index (κ1) is 15.2. The van der Waals surface area contributed by atoms with E-state index in [1.165, 1.54) is 0 Å². The van der Waals surface area contributed by atoms with E-state index in [9.17, 15) is 0 Å². The first-order valence-corrected chi connectivity index (χ1v) is 7.20. The summed E-state index contributed by atoms with van der Waals surface area (Å²) in [4.78, 5) is 8.60. The minimum atomic E-state index is 0.633. The van der Waals surface area contributed by atoms with Gasteiger partial charge in [0.05, 0.1) is 13.1 Å². The summed E-state index contributed by atoms with van der Waals surface area (Å²) in [6.07, 6.45) is 1.83. The molecule has 2 nitrogen and oxygen atoms in total. The van der Waals surface area contributed by atoms with Gasteiger partial charge in [-0.05, 0) is 36.1 Å². The van der Waals surface area contributed by atoms with Crippen LogP contribution in [0.15, 0.2) is 64.6 Å². The molecule has 0 aromatic heterocycles. The highest BCUT2D eigenvalue weighted by Gasteiger charge is 1.91. The number of nitrogens with zero attached hydrogens (tertiary/aromatic N) is 2. The van der Waals surface area contributed by atoms with Crippen molar-refractivity contribution in [1.82, 2.24) is 0 Å². The summed E-state index contributed by atoms with van der Waals surface area (Å²) >= 11 is 5.82. The molecular weight excluding hydrogens is 280 g/mol. The third-order valence-corrected chi connectivity index (χ3v) is 3.16. The van der Waals surface area contributed by atoms with Crippen molar-refractivity contribution >= 4 is 29.3 Å². The summed E-state index contributed by atoms with van der Waals surface area (Å²) in [5, 5.41) is 0.735. The van der Waals surface area contributed by atoms with Gasteiger partial charge in [0.1, 0.15) is 0 Å². The zero-order valence-corrected chi connectivity index (χ0v) is 12.7. The third kappa shape index (κ3) is 5.39. The zero-order chi connectivity index (χ0) is 14.9. The Hall–Kier alpha value is -2.15. The molecule has 0 saturated heterocycles. The van der Waals surface area contributed by atoms with Crippen molar-refractivity contribution in [3.8, 4) is 0 Å². The van der Waals surface area contributed by atoms with E-state index in [2.05, 4.69) is 28.0 Å².